The number of nitrogens with one attached hydrogen (secondary N) is 1. The predicted molar refractivity (Wildman–Crippen MR) is 106 cm³/mol. The van der Waals surface area contributed by atoms with Gasteiger partial charge in [0, 0.05) is 23.5 Å². The van der Waals surface area contributed by atoms with Crippen LogP contribution in [0.15, 0.2) is 18.2 Å². The van der Waals surface area contributed by atoms with Crippen molar-refractivity contribution in [1.82, 2.24) is 4.90 Å². The van der Waals surface area contributed by atoms with E-state index in [0.29, 0.717) is 18.7 Å². The molecule has 5 nitrogen and oxygen atoms in total. The highest BCUT2D eigenvalue weighted by molar-refractivity contribution is 5.99. The summed E-state index contributed by atoms with van der Waals surface area (Å²) < 4.78 is 5.48. The molecule has 0 spiro atoms. The van der Waals surface area contributed by atoms with E-state index in [9.17, 15) is 4.79 Å². The number of hydrogen-bond acceptors (Lipinski definition) is 4. The van der Waals surface area contributed by atoms with Gasteiger partial charge in [0.2, 0.25) is 16.4 Å². The molecule has 0 saturated carbocycles. The fourth-order valence-corrected chi connectivity index (χ4v) is 5.18. The second kappa shape index (κ2) is 6.36. The van der Waals surface area contributed by atoms with E-state index in [2.05, 4.69) is 55.3 Å². The molecule has 0 aromatic heterocycles. The fourth-order valence-electron chi connectivity index (χ4n) is 4.90. The molecule has 6 heteroatoms. The van der Waals surface area contributed by atoms with Gasteiger partial charge < -0.3 is 15.5 Å². The quantitative estimate of drug-likeness (QED) is 0.632. The number of amides is 1. The molecule has 141 valence electrons. The first-order valence-electron chi connectivity index (χ1n) is 9.28. The Morgan fingerprint density at radius 2 is 2.08 bits per heavy atom. The molecule has 3 atom stereocenters. The maximum absolute atomic E-state index is 13.0. The number of rotatable bonds is 3. The summed E-state index contributed by atoms with van der Waals surface area (Å²) in [6.07, 6.45) is 1.72. The molecule has 2 unspecified atom stereocenters. The molecule has 1 fully saturated rings. The van der Waals surface area contributed by atoms with Crippen LogP contribution in [0.3, 0.4) is 0 Å². The van der Waals surface area contributed by atoms with Crippen molar-refractivity contribution in [2.24, 2.45) is 10.8 Å². The topological polar surface area (TPSA) is 67.6 Å². The van der Waals surface area contributed by atoms with Crippen LogP contribution in [-0.4, -0.2) is 46.0 Å². The zero-order valence-corrected chi connectivity index (χ0v) is 17.5. The van der Waals surface area contributed by atoms with Crippen molar-refractivity contribution in [1.29, 1.82) is 0 Å². The maximum atomic E-state index is 13.0. The lowest BCUT2D eigenvalue weighted by molar-refractivity contribution is -0.127. The number of benzene rings is 1. The molecular formula is C20H30N3O2Si. The summed E-state index contributed by atoms with van der Waals surface area (Å²) in [5.74, 6) is 0.0430. The zero-order chi connectivity index (χ0) is 19.3. The monoisotopic (exact) mass is 372 g/mol. The maximum Gasteiger partial charge on any atom is 0.246 e. The van der Waals surface area contributed by atoms with Gasteiger partial charge >= 0.3 is 0 Å². The Morgan fingerprint density at radius 1 is 1.38 bits per heavy atom. The third-order valence-electron chi connectivity index (χ3n) is 7.17. The largest absolute Gasteiger partial charge is 0.417 e. The van der Waals surface area contributed by atoms with Gasteiger partial charge in [-0.3, -0.25) is 9.69 Å². The number of nitrogens with zero attached hydrogens (tertiary/aromatic N) is 1. The lowest BCUT2D eigenvalue weighted by Crippen LogP contribution is -2.63. The molecule has 2 heterocycles. The van der Waals surface area contributed by atoms with Crippen molar-refractivity contribution < 1.29 is 9.22 Å². The van der Waals surface area contributed by atoms with Crippen LogP contribution in [-0.2, 0) is 15.6 Å². The Bertz CT molecular complexity index is 717. The minimum absolute atomic E-state index is 0.00826. The lowest BCUT2D eigenvalue weighted by atomic mass is 9.58. The minimum Gasteiger partial charge on any atom is -0.417 e. The van der Waals surface area contributed by atoms with Crippen LogP contribution in [0.2, 0.25) is 0 Å². The molecule has 0 aliphatic carbocycles. The summed E-state index contributed by atoms with van der Waals surface area (Å²) in [4.78, 5) is 15.3. The first-order valence-corrected chi connectivity index (χ1v) is 9.69. The van der Waals surface area contributed by atoms with Crippen LogP contribution in [0, 0.1) is 10.8 Å². The lowest BCUT2D eigenvalue weighted by Gasteiger charge is -2.54. The highest BCUT2D eigenvalue weighted by atomic mass is 28.2. The molecule has 1 aromatic carbocycles. The second-order valence-corrected chi connectivity index (χ2v) is 9.50. The molecule has 0 bridgehead atoms. The van der Waals surface area contributed by atoms with Crippen LogP contribution >= 0.6 is 0 Å². The van der Waals surface area contributed by atoms with Crippen LogP contribution in [0.1, 0.15) is 46.6 Å². The Kier molecular flexibility index (Phi) is 4.74. The molecule has 26 heavy (non-hydrogen) atoms. The Morgan fingerprint density at radius 3 is 2.69 bits per heavy atom. The molecule has 2 aliphatic rings. The molecule has 3 rings (SSSR count). The van der Waals surface area contributed by atoms with E-state index in [1.807, 2.05) is 18.2 Å². The van der Waals surface area contributed by atoms with Crippen molar-refractivity contribution in [3.05, 3.63) is 23.8 Å². The van der Waals surface area contributed by atoms with Crippen molar-refractivity contribution in [2.45, 2.75) is 59.0 Å². The van der Waals surface area contributed by atoms with E-state index >= 15 is 0 Å². The smallest absolute Gasteiger partial charge is 0.246 e. The third-order valence-corrected chi connectivity index (χ3v) is 7.31. The number of likely N-dealkylation sites (tertiary alicyclic amines) is 1. The average molecular weight is 373 g/mol. The van der Waals surface area contributed by atoms with E-state index in [1.54, 1.807) is 0 Å². The van der Waals surface area contributed by atoms with Crippen molar-refractivity contribution in [2.75, 3.05) is 24.2 Å². The summed E-state index contributed by atoms with van der Waals surface area (Å²) in [5.41, 5.74) is 8.33. The number of nitrogens with two attached hydrogens (primary N) is 1. The van der Waals surface area contributed by atoms with Gasteiger partial charge in [-0.05, 0) is 48.3 Å². The van der Waals surface area contributed by atoms with E-state index < -0.39 is 0 Å². The van der Waals surface area contributed by atoms with E-state index in [1.165, 1.54) is 0 Å². The van der Waals surface area contributed by atoms with Crippen LogP contribution < -0.4 is 11.1 Å². The number of fused-ring (bicyclic) bond motifs is 1. The van der Waals surface area contributed by atoms with Crippen LogP contribution in [0.5, 0.6) is 0 Å². The van der Waals surface area contributed by atoms with E-state index in [0.717, 1.165) is 24.2 Å². The number of nitrogen functional groups attached to an aromatic ring is 1. The van der Waals surface area contributed by atoms with Gasteiger partial charge in [0.25, 0.3) is 0 Å². The predicted octanol–water partition coefficient (Wildman–Crippen LogP) is 2.75. The number of carbonyl (C=O) groups excluding carboxylic acids is 1. The first-order chi connectivity index (χ1) is 12.0. The van der Waals surface area contributed by atoms with Crippen LogP contribution in [0.25, 0.3) is 0 Å². The number of hydrogen-bond donors (Lipinski definition) is 2. The number of anilines is 2. The summed E-state index contributed by atoms with van der Waals surface area (Å²) in [6.45, 7) is 12.8. The standard InChI is InChI=1S/C20H30N3O2Si/c1-18(2,3)19(4)8-9-23(20(19,5)12-25-26)16-10-13-6-7-14(21)11-15(13)22-17(16)24/h6-7,11,16H,8-10,12,21H2,1-5H3,(H,22,24)/t16?,19?,20-/m1/s1. The minimum atomic E-state index is -0.264. The molecule has 1 saturated heterocycles. The molecule has 3 radical (unpaired) electrons. The van der Waals surface area contributed by atoms with Crippen LogP contribution in [0.4, 0.5) is 11.4 Å². The van der Waals surface area contributed by atoms with Gasteiger partial charge in [0.1, 0.15) is 0 Å². The second-order valence-electron chi connectivity index (χ2n) is 9.21. The van der Waals surface area contributed by atoms with Gasteiger partial charge in [-0.2, -0.15) is 0 Å². The average Bonchev–Trinajstić information content (AvgIpc) is 2.80. The molecule has 1 amide bonds. The molecule has 2 aliphatic heterocycles. The SMILES string of the molecule is CC(C)(C)C1(C)CCN(C2Cc3ccc(N)cc3NC2=O)[C@]1(C)CO[Si]. The normalized spacial score (nSPS) is 32.4. The number of carbonyl (C=O) groups is 1. The van der Waals surface area contributed by atoms with E-state index in [-0.39, 0.29) is 28.3 Å². The summed E-state index contributed by atoms with van der Waals surface area (Å²) in [7, 11) is 3.22. The first kappa shape index (κ1) is 19.4. The Hall–Kier alpha value is -1.37. The summed E-state index contributed by atoms with van der Waals surface area (Å²) in [5, 5.41) is 3.06. The summed E-state index contributed by atoms with van der Waals surface area (Å²) >= 11 is 0. The van der Waals surface area contributed by atoms with Gasteiger partial charge in [-0.15, -0.1) is 0 Å². The van der Waals surface area contributed by atoms with E-state index in [4.69, 9.17) is 10.2 Å². The highest BCUT2D eigenvalue weighted by Crippen LogP contribution is 2.56. The van der Waals surface area contributed by atoms with Gasteiger partial charge in [0.05, 0.1) is 12.6 Å². The molecular weight excluding hydrogens is 342 g/mol. The van der Waals surface area contributed by atoms with Crippen molar-refractivity contribution in [3.63, 3.8) is 0 Å². The zero-order valence-electron chi connectivity index (χ0n) is 16.5. The molecule has 1 aromatic rings. The van der Waals surface area contributed by atoms with Gasteiger partial charge in [-0.25, -0.2) is 0 Å². The van der Waals surface area contributed by atoms with Gasteiger partial charge in [0.15, 0.2) is 0 Å². The van der Waals surface area contributed by atoms with Gasteiger partial charge in [-0.1, -0.05) is 33.8 Å². The summed E-state index contributed by atoms with van der Waals surface area (Å²) in [6, 6.07) is 5.56. The fraction of sp³-hybridized carbons (Fsp3) is 0.650. The molecule has 3 N–H and O–H groups in total. The highest BCUT2D eigenvalue weighted by Gasteiger charge is 2.60. The van der Waals surface area contributed by atoms with Crippen molar-refractivity contribution >= 4 is 27.8 Å². The Labute approximate surface area is 160 Å². The van der Waals surface area contributed by atoms with Crippen molar-refractivity contribution in [3.8, 4) is 0 Å². The Balaban J connectivity index is 1.98. The third kappa shape index (κ3) is 2.79.